The van der Waals surface area contributed by atoms with Crippen LogP contribution in [0.15, 0.2) is 35.7 Å². The number of hydrogen-bond donors (Lipinski definition) is 0. The summed E-state index contributed by atoms with van der Waals surface area (Å²) in [7, 11) is 2.01. The smallest absolute Gasteiger partial charge is 0.199 e. The van der Waals surface area contributed by atoms with Gasteiger partial charge in [-0.25, -0.2) is 4.68 Å². The molecule has 26 heavy (non-hydrogen) atoms. The minimum atomic E-state index is 0.454. The number of aromatic nitrogens is 3. The molecule has 0 N–H and O–H groups in total. The lowest BCUT2D eigenvalue weighted by molar-refractivity contribution is 0.129. The Morgan fingerprint density at radius 1 is 1.27 bits per heavy atom. The first-order chi connectivity index (χ1) is 12.6. The number of fused-ring (bicyclic) bond motifs is 1. The van der Waals surface area contributed by atoms with Gasteiger partial charge in [-0.3, -0.25) is 4.90 Å². The second kappa shape index (κ2) is 7.10. The zero-order chi connectivity index (χ0) is 18.3. The summed E-state index contributed by atoms with van der Waals surface area (Å²) in [5.41, 5.74) is 3.85. The Morgan fingerprint density at radius 3 is 2.85 bits per heavy atom. The average Bonchev–Trinajstić information content (AvgIpc) is 3.22. The molecule has 0 radical (unpaired) electrons. The molecule has 3 aromatic rings. The first-order valence-corrected chi connectivity index (χ1v) is 10.4. The Hall–Kier alpha value is -1.76. The molecule has 1 aromatic carbocycles. The van der Waals surface area contributed by atoms with Crippen LogP contribution in [0.2, 0.25) is 0 Å². The van der Waals surface area contributed by atoms with Crippen LogP contribution in [0, 0.1) is 11.7 Å². The van der Waals surface area contributed by atoms with E-state index in [1.54, 1.807) is 4.88 Å². The predicted molar refractivity (Wildman–Crippen MR) is 110 cm³/mol. The van der Waals surface area contributed by atoms with Gasteiger partial charge in [-0.1, -0.05) is 31.2 Å². The maximum atomic E-state index is 5.70. The van der Waals surface area contributed by atoms with Gasteiger partial charge >= 0.3 is 0 Å². The van der Waals surface area contributed by atoms with E-state index in [9.17, 15) is 0 Å². The molecule has 1 aliphatic rings. The molecule has 6 heteroatoms. The van der Waals surface area contributed by atoms with Crippen molar-refractivity contribution in [3.63, 3.8) is 0 Å². The van der Waals surface area contributed by atoms with Crippen LogP contribution in [0.4, 0.5) is 0 Å². The van der Waals surface area contributed by atoms with Crippen LogP contribution in [0.25, 0.3) is 11.4 Å². The van der Waals surface area contributed by atoms with Crippen molar-refractivity contribution in [2.75, 3.05) is 6.54 Å². The fourth-order valence-electron chi connectivity index (χ4n) is 3.91. The molecule has 2 aromatic heterocycles. The minimum Gasteiger partial charge on any atom is -0.303 e. The lowest BCUT2D eigenvalue weighted by Crippen LogP contribution is -2.36. The van der Waals surface area contributed by atoms with Crippen LogP contribution in [0.3, 0.4) is 0 Å². The van der Waals surface area contributed by atoms with Crippen LogP contribution in [-0.4, -0.2) is 25.8 Å². The van der Waals surface area contributed by atoms with Gasteiger partial charge in [-0.05, 0) is 54.6 Å². The fraction of sp³-hybridized carbons (Fsp3) is 0.400. The van der Waals surface area contributed by atoms with E-state index in [0.717, 1.165) is 42.2 Å². The Kier molecular flexibility index (Phi) is 4.82. The van der Waals surface area contributed by atoms with Crippen molar-refractivity contribution in [2.45, 2.75) is 39.4 Å². The first kappa shape index (κ1) is 17.6. The molecule has 0 saturated heterocycles. The van der Waals surface area contributed by atoms with E-state index in [2.05, 4.69) is 54.5 Å². The number of thiophene rings is 1. The minimum absolute atomic E-state index is 0.454. The number of nitrogens with zero attached hydrogens (tertiary/aromatic N) is 4. The normalized spacial score (nSPS) is 17.4. The zero-order valence-electron chi connectivity index (χ0n) is 15.5. The maximum Gasteiger partial charge on any atom is 0.199 e. The summed E-state index contributed by atoms with van der Waals surface area (Å²) < 4.78 is 4.78. The van der Waals surface area contributed by atoms with Gasteiger partial charge in [-0.2, -0.15) is 5.10 Å². The molecule has 1 aliphatic heterocycles. The first-order valence-electron chi connectivity index (χ1n) is 9.10. The van der Waals surface area contributed by atoms with Crippen LogP contribution >= 0.6 is 23.6 Å². The lowest BCUT2D eigenvalue weighted by atomic mass is 9.98. The molecule has 0 aliphatic carbocycles. The van der Waals surface area contributed by atoms with Gasteiger partial charge in [0.05, 0.1) is 6.67 Å². The van der Waals surface area contributed by atoms with Gasteiger partial charge in [0.2, 0.25) is 0 Å². The van der Waals surface area contributed by atoms with E-state index in [1.165, 1.54) is 11.1 Å². The van der Waals surface area contributed by atoms with Crippen molar-refractivity contribution < 1.29 is 0 Å². The van der Waals surface area contributed by atoms with E-state index in [4.69, 9.17) is 17.3 Å². The average molecular weight is 385 g/mol. The zero-order valence-corrected chi connectivity index (χ0v) is 17.1. The van der Waals surface area contributed by atoms with E-state index >= 15 is 0 Å². The Labute approximate surface area is 163 Å². The molecule has 0 fully saturated rings. The molecule has 0 amide bonds. The van der Waals surface area contributed by atoms with Crippen molar-refractivity contribution in [2.24, 2.45) is 7.05 Å². The fourth-order valence-corrected chi connectivity index (χ4v) is 5.02. The van der Waals surface area contributed by atoms with Crippen LogP contribution in [0.5, 0.6) is 0 Å². The van der Waals surface area contributed by atoms with Crippen molar-refractivity contribution >= 4 is 23.6 Å². The van der Waals surface area contributed by atoms with Gasteiger partial charge in [0.25, 0.3) is 0 Å². The highest BCUT2D eigenvalue weighted by Gasteiger charge is 2.27. The molecular weight excluding hydrogens is 360 g/mol. The van der Waals surface area contributed by atoms with Crippen LogP contribution < -0.4 is 0 Å². The van der Waals surface area contributed by atoms with E-state index in [-0.39, 0.29) is 0 Å². The van der Waals surface area contributed by atoms with Gasteiger partial charge in [-0.15, -0.1) is 11.3 Å². The standard InChI is InChI=1S/C20H24N4S2/c1-4-17-16-10-12-26-18(16)9-11-23(17)13-24-20(25)22(3)19(21-24)15-8-6-5-7-14(15)2/h5-8,10,12,17H,4,9,11,13H2,1-3H3/t17-/m0/s1. The number of rotatable bonds is 4. The molecule has 136 valence electrons. The topological polar surface area (TPSA) is 26.0 Å². The third kappa shape index (κ3) is 2.96. The molecule has 0 bridgehead atoms. The van der Waals surface area contributed by atoms with Gasteiger partial charge < -0.3 is 4.57 Å². The van der Waals surface area contributed by atoms with Crippen molar-refractivity contribution in [3.8, 4) is 11.4 Å². The SMILES string of the molecule is CC[C@H]1c2ccsc2CCN1Cn1nc(-c2ccccc2C)n(C)c1=S. The molecular formula is C20H24N4S2. The predicted octanol–water partition coefficient (Wildman–Crippen LogP) is 4.95. The van der Waals surface area contributed by atoms with E-state index in [0.29, 0.717) is 6.04 Å². The lowest BCUT2D eigenvalue weighted by Gasteiger charge is -2.35. The number of aryl methyl sites for hydroxylation is 1. The van der Waals surface area contributed by atoms with E-state index in [1.807, 2.05) is 27.6 Å². The Morgan fingerprint density at radius 2 is 2.08 bits per heavy atom. The summed E-state index contributed by atoms with van der Waals surface area (Å²) in [6.45, 7) is 6.19. The highest BCUT2D eigenvalue weighted by molar-refractivity contribution is 7.71. The molecule has 4 rings (SSSR count). The van der Waals surface area contributed by atoms with Crippen molar-refractivity contribution in [3.05, 3.63) is 56.5 Å². The molecule has 3 heterocycles. The van der Waals surface area contributed by atoms with Gasteiger partial charge in [0, 0.05) is 30.1 Å². The maximum absolute atomic E-state index is 5.70. The molecule has 1 atom stereocenters. The summed E-state index contributed by atoms with van der Waals surface area (Å²) in [5.74, 6) is 0.939. The quantitative estimate of drug-likeness (QED) is 0.595. The highest BCUT2D eigenvalue weighted by atomic mass is 32.1. The van der Waals surface area contributed by atoms with E-state index < -0.39 is 0 Å². The van der Waals surface area contributed by atoms with Gasteiger partial charge in [0.1, 0.15) is 0 Å². The molecule has 0 unspecified atom stereocenters. The highest BCUT2D eigenvalue weighted by Crippen LogP contribution is 2.35. The molecule has 4 nitrogen and oxygen atoms in total. The largest absolute Gasteiger partial charge is 0.303 e. The molecule has 0 spiro atoms. The Bertz CT molecular complexity index is 982. The summed E-state index contributed by atoms with van der Waals surface area (Å²) in [6.07, 6.45) is 2.23. The van der Waals surface area contributed by atoms with Crippen molar-refractivity contribution in [1.29, 1.82) is 0 Å². The monoisotopic (exact) mass is 384 g/mol. The summed E-state index contributed by atoms with van der Waals surface area (Å²) in [4.78, 5) is 4.05. The third-order valence-electron chi connectivity index (χ3n) is 5.33. The summed E-state index contributed by atoms with van der Waals surface area (Å²) in [6, 6.07) is 11.1. The molecule has 0 saturated carbocycles. The van der Waals surface area contributed by atoms with Crippen LogP contribution in [0.1, 0.15) is 35.4 Å². The summed E-state index contributed by atoms with van der Waals surface area (Å²) >= 11 is 7.59. The number of benzene rings is 1. The third-order valence-corrected chi connectivity index (χ3v) is 6.82. The second-order valence-electron chi connectivity index (χ2n) is 6.91. The van der Waals surface area contributed by atoms with Crippen molar-refractivity contribution in [1.82, 2.24) is 19.2 Å². The summed E-state index contributed by atoms with van der Waals surface area (Å²) in [5, 5.41) is 7.11. The second-order valence-corrected chi connectivity index (χ2v) is 8.27. The van der Waals surface area contributed by atoms with Crippen LogP contribution in [-0.2, 0) is 20.1 Å². The Balaban J connectivity index is 1.67. The number of hydrogen-bond acceptors (Lipinski definition) is 4. The van der Waals surface area contributed by atoms with Gasteiger partial charge in [0.15, 0.2) is 10.6 Å².